The molecule has 2 aromatic heterocycles. The first-order valence-corrected chi connectivity index (χ1v) is 9.28. The van der Waals surface area contributed by atoms with E-state index in [4.69, 9.17) is 4.74 Å². The molecular weight excluding hydrogens is 413 g/mol. The van der Waals surface area contributed by atoms with Crippen LogP contribution in [0.2, 0.25) is 0 Å². The number of aromatic nitrogens is 2. The van der Waals surface area contributed by atoms with Crippen LogP contribution in [0.3, 0.4) is 0 Å². The molecule has 1 aromatic carbocycles. The number of aryl methyl sites for hydroxylation is 2. The maximum atomic E-state index is 5.48. The molecule has 124 valence electrons. The van der Waals surface area contributed by atoms with Gasteiger partial charge in [-0.3, -0.25) is 0 Å². The molecule has 4 rings (SSSR count). The van der Waals surface area contributed by atoms with Gasteiger partial charge in [-0.2, -0.15) is 0 Å². The zero-order valence-electron chi connectivity index (χ0n) is 13.9. The second-order valence-electron chi connectivity index (χ2n) is 6.31. The van der Waals surface area contributed by atoms with E-state index in [1.165, 1.54) is 36.9 Å². The molecule has 0 bridgehead atoms. The summed E-state index contributed by atoms with van der Waals surface area (Å²) in [5.41, 5.74) is 7.33. The van der Waals surface area contributed by atoms with Crippen molar-refractivity contribution in [1.82, 2.24) is 9.97 Å². The van der Waals surface area contributed by atoms with Crippen molar-refractivity contribution in [2.45, 2.75) is 13.8 Å². The summed E-state index contributed by atoms with van der Waals surface area (Å²) in [4.78, 5) is 10.2. The van der Waals surface area contributed by atoms with Crippen molar-refractivity contribution >= 4 is 39.3 Å². The minimum atomic E-state index is 0.813. The van der Waals surface area contributed by atoms with Crippen molar-refractivity contribution in [3.05, 3.63) is 45.3 Å². The molecule has 1 saturated heterocycles. The zero-order valence-corrected chi connectivity index (χ0v) is 16.1. The van der Waals surface area contributed by atoms with Gasteiger partial charge >= 0.3 is 0 Å². The van der Waals surface area contributed by atoms with Gasteiger partial charge in [-0.1, -0.05) is 0 Å². The summed E-state index contributed by atoms with van der Waals surface area (Å²) in [7, 11) is 0. The van der Waals surface area contributed by atoms with Gasteiger partial charge in [-0.05, 0) is 71.3 Å². The lowest BCUT2D eigenvalue weighted by Crippen LogP contribution is -2.37. The van der Waals surface area contributed by atoms with Crippen molar-refractivity contribution in [2.75, 3.05) is 31.2 Å². The van der Waals surface area contributed by atoms with Crippen LogP contribution in [0.15, 0.2) is 30.6 Å². The minimum absolute atomic E-state index is 0.813. The smallest absolute Gasteiger partial charge is 0.138 e. The Balaban J connectivity index is 1.76. The molecule has 0 radical (unpaired) electrons. The molecule has 0 spiro atoms. The quantitative estimate of drug-likeness (QED) is 0.614. The number of halogens is 1. The molecule has 0 saturated carbocycles. The number of aromatic amines is 1. The predicted molar refractivity (Wildman–Crippen MR) is 107 cm³/mol. The fraction of sp³-hybridized carbons (Fsp3) is 0.316. The summed E-state index contributed by atoms with van der Waals surface area (Å²) in [5, 5.41) is 1.18. The van der Waals surface area contributed by atoms with Gasteiger partial charge in [-0.25, -0.2) is 4.98 Å². The summed E-state index contributed by atoms with van der Waals surface area (Å²) in [5.74, 6) is 0. The van der Waals surface area contributed by atoms with E-state index in [1.54, 1.807) is 0 Å². The lowest BCUT2D eigenvalue weighted by atomic mass is 9.98. The molecule has 3 aromatic rings. The Hall–Kier alpha value is -1.60. The lowest BCUT2D eigenvalue weighted by molar-refractivity contribution is 0.122. The maximum absolute atomic E-state index is 5.48. The van der Waals surface area contributed by atoms with E-state index in [9.17, 15) is 0 Å². The molecule has 3 heterocycles. The Morgan fingerprint density at radius 1 is 1.08 bits per heavy atom. The van der Waals surface area contributed by atoms with Gasteiger partial charge < -0.3 is 14.6 Å². The number of anilines is 1. The normalized spacial score (nSPS) is 15.2. The molecule has 1 fully saturated rings. The SMILES string of the molecule is Cc1cc(-c2cnc3[nH]cc(I)c3c2)cc(C)c1N1CCOCC1. The Kier molecular flexibility index (Phi) is 4.22. The molecule has 1 aliphatic rings. The third kappa shape index (κ3) is 2.80. The van der Waals surface area contributed by atoms with Crippen LogP contribution in [0.4, 0.5) is 5.69 Å². The molecule has 4 nitrogen and oxygen atoms in total. The number of fused-ring (bicyclic) bond motifs is 1. The molecular formula is C19H20IN3O. The van der Waals surface area contributed by atoms with E-state index in [0.717, 1.165) is 32.0 Å². The van der Waals surface area contributed by atoms with Crippen LogP contribution in [-0.2, 0) is 4.74 Å². The highest BCUT2D eigenvalue weighted by atomic mass is 127. The van der Waals surface area contributed by atoms with Gasteiger partial charge in [-0.15, -0.1) is 0 Å². The van der Waals surface area contributed by atoms with E-state index in [1.807, 2.05) is 12.4 Å². The fourth-order valence-electron chi connectivity index (χ4n) is 3.54. The first-order valence-electron chi connectivity index (χ1n) is 8.20. The molecule has 0 atom stereocenters. The van der Waals surface area contributed by atoms with E-state index in [2.05, 4.69) is 69.5 Å². The maximum Gasteiger partial charge on any atom is 0.138 e. The number of hydrogen-bond donors (Lipinski definition) is 1. The molecule has 1 aliphatic heterocycles. The van der Waals surface area contributed by atoms with Crippen molar-refractivity contribution in [2.24, 2.45) is 0 Å². The van der Waals surface area contributed by atoms with Crippen molar-refractivity contribution in [3.8, 4) is 11.1 Å². The van der Waals surface area contributed by atoms with Gasteiger partial charge in [0, 0.05) is 45.7 Å². The Labute approximate surface area is 155 Å². The summed E-state index contributed by atoms with van der Waals surface area (Å²) >= 11 is 2.35. The number of benzene rings is 1. The third-order valence-electron chi connectivity index (χ3n) is 4.63. The number of pyridine rings is 1. The van der Waals surface area contributed by atoms with E-state index >= 15 is 0 Å². The number of rotatable bonds is 2. The van der Waals surface area contributed by atoms with Gasteiger partial charge in [0.25, 0.3) is 0 Å². The van der Waals surface area contributed by atoms with Crippen LogP contribution >= 0.6 is 22.6 Å². The summed E-state index contributed by atoms with van der Waals surface area (Å²) in [6, 6.07) is 6.78. The van der Waals surface area contributed by atoms with Crippen molar-refractivity contribution in [1.29, 1.82) is 0 Å². The highest BCUT2D eigenvalue weighted by molar-refractivity contribution is 14.1. The third-order valence-corrected chi connectivity index (χ3v) is 5.52. The zero-order chi connectivity index (χ0) is 16.7. The van der Waals surface area contributed by atoms with Gasteiger partial charge in [0.2, 0.25) is 0 Å². The fourth-order valence-corrected chi connectivity index (χ4v) is 4.10. The standard InChI is InChI=1S/C19H20IN3O/c1-12-7-14(8-13(2)18(12)23-3-5-24-6-4-23)15-9-16-17(20)11-22-19(16)21-10-15/h7-11H,3-6H2,1-2H3,(H,21,22). The van der Waals surface area contributed by atoms with Crippen LogP contribution < -0.4 is 4.90 Å². The van der Waals surface area contributed by atoms with Crippen molar-refractivity contribution in [3.63, 3.8) is 0 Å². The number of morpholine rings is 1. The summed E-state index contributed by atoms with van der Waals surface area (Å²) in [6.45, 7) is 7.97. The van der Waals surface area contributed by atoms with E-state index < -0.39 is 0 Å². The molecule has 0 amide bonds. The highest BCUT2D eigenvalue weighted by Gasteiger charge is 2.17. The largest absolute Gasteiger partial charge is 0.378 e. The highest BCUT2D eigenvalue weighted by Crippen LogP contribution is 2.32. The summed E-state index contributed by atoms with van der Waals surface area (Å²) in [6.07, 6.45) is 3.96. The van der Waals surface area contributed by atoms with Crippen LogP contribution in [0, 0.1) is 17.4 Å². The van der Waals surface area contributed by atoms with Crippen LogP contribution in [0.5, 0.6) is 0 Å². The second-order valence-corrected chi connectivity index (χ2v) is 7.48. The average Bonchev–Trinajstić information content (AvgIpc) is 2.96. The number of nitrogens with zero attached hydrogens (tertiary/aromatic N) is 2. The molecule has 5 heteroatoms. The number of nitrogens with one attached hydrogen (secondary N) is 1. The topological polar surface area (TPSA) is 41.2 Å². The monoisotopic (exact) mass is 433 g/mol. The Morgan fingerprint density at radius 2 is 1.79 bits per heavy atom. The predicted octanol–water partition coefficient (Wildman–Crippen LogP) is 4.29. The molecule has 24 heavy (non-hydrogen) atoms. The second kappa shape index (κ2) is 6.37. The lowest BCUT2D eigenvalue weighted by Gasteiger charge is -2.31. The number of hydrogen-bond acceptors (Lipinski definition) is 3. The van der Waals surface area contributed by atoms with Crippen LogP contribution in [-0.4, -0.2) is 36.3 Å². The summed E-state index contributed by atoms with van der Waals surface area (Å²) < 4.78 is 6.69. The van der Waals surface area contributed by atoms with Gasteiger partial charge in [0.1, 0.15) is 5.65 Å². The van der Waals surface area contributed by atoms with Crippen molar-refractivity contribution < 1.29 is 4.74 Å². The average molecular weight is 433 g/mol. The number of H-pyrrole nitrogens is 1. The van der Waals surface area contributed by atoms with Gasteiger partial charge in [0.15, 0.2) is 0 Å². The van der Waals surface area contributed by atoms with Crippen LogP contribution in [0.25, 0.3) is 22.2 Å². The Morgan fingerprint density at radius 3 is 2.50 bits per heavy atom. The Bertz CT molecular complexity index is 874. The number of ether oxygens (including phenoxy) is 1. The first-order chi connectivity index (χ1) is 11.6. The first kappa shape index (κ1) is 15.9. The molecule has 0 unspecified atom stereocenters. The van der Waals surface area contributed by atoms with E-state index in [0.29, 0.717) is 0 Å². The minimum Gasteiger partial charge on any atom is -0.378 e. The molecule has 1 N–H and O–H groups in total. The van der Waals surface area contributed by atoms with Gasteiger partial charge in [0.05, 0.1) is 13.2 Å². The molecule has 0 aliphatic carbocycles. The van der Waals surface area contributed by atoms with E-state index in [-0.39, 0.29) is 0 Å². The van der Waals surface area contributed by atoms with Crippen LogP contribution in [0.1, 0.15) is 11.1 Å².